The van der Waals surface area contributed by atoms with Gasteiger partial charge in [-0.1, -0.05) is 30.5 Å². The third-order valence-corrected chi connectivity index (χ3v) is 5.71. The smallest absolute Gasteiger partial charge is 0.225 e. The van der Waals surface area contributed by atoms with E-state index in [9.17, 15) is 9.59 Å². The number of amides is 1. The van der Waals surface area contributed by atoms with Crippen LogP contribution in [0.4, 0.5) is 0 Å². The van der Waals surface area contributed by atoms with Crippen molar-refractivity contribution in [1.29, 1.82) is 0 Å². The second-order valence-corrected chi connectivity index (χ2v) is 7.78. The first-order valence-corrected chi connectivity index (χ1v) is 9.58. The van der Waals surface area contributed by atoms with Crippen LogP contribution in [0.15, 0.2) is 12.1 Å². The topological polar surface area (TPSA) is 40.6 Å². The minimum Gasteiger partial charge on any atom is -0.340 e. The summed E-state index contributed by atoms with van der Waals surface area (Å²) in [7, 11) is 0. The summed E-state index contributed by atoms with van der Waals surface area (Å²) in [5.74, 6) is 0.797. The molecule has 1 aliphatic heterocycles. The molecule has 1 aromatic carbocycles. The Morgan fingerprint density at radius 3 is 2.08 bits per heavy atom. The van der Waals surface area contributed by atoms with Crippen molar-refractivity contribution < 1.29 is 9.59 Å². The summed E-state index contributed by atoms with van der Waals surface area (Å²) in [5.41, 5.74) is 4.20. The highest BCUT2D eigenvalue weighted by molar-refractivity contribution is 6.00. The Hall–Kier alpha value is -1.68. The van der Waals surface area contributed by atoms with Crippen molar-refractivity contribution in [3.05, 3.63) is 34.4 Å². The maximum Gasteiger partial charge on any atom is 0.225 e. The van der Waals surface area contributed by atoms with Crippen LogP contribution in [0, 0.1) is 26.7 Å². The average molecular weight is 342 g/mol. The standard InChI is InChI=1S/C21H30N2O2/c1-15-12-16(2)20(17(3)13-15)19(24)14-22-8-10-23(11-9-22)21(25)18-6-4-5-7-18/h12-13,18H,4-11,14H2,1-3H3. The molecule has 25 heavy (non-hydrogen) atoms. The van der Waals surface area contributed by atoms with E-state index in [0.29, 0.717) is 12.5 Å². The van der Waals surface area contributed by atoms with E-state index in [1.54, 1.807) is 0 Å². The molecular formula is C21H30N2O2. The highest BCUT2D eigenvalue weighted by Crippen LogP contribution is 2.27. The van der Waals surface area contributed by atoms with E-state index < -0.39 is 0 Å². The zero-order chi connectivity index (χ0) is 18.0. The van der Waals surface area contributed by atoms with E-state index in [0.717, 1.165) is 55.7 Å². The third-order valence-electron chi connectivity index (χ3n) is 5.71. The van der Waals surface area contributed by atoms with Crippen molar-refractivity contribution in [2.24, 2.45) is 5.92 Å². The van der Waals surface area contributed by atoms with Crippen molar-refractivity contribution in [3.8, 4) is 0 Å². The normalized spacial score (nSPS) is 19.4. The molecule has 1 saturated heterocycles. The van der Waals surface area contributed by atoms with E-state index in [1.807, 2.05) is 18.7 Å². The first kappa shape index (κ1) is 18.1. The molecule has 2 fully saturated rings. The zero-order valence-corrected chi connectivity index (χ0v) is 15.8. The van der Waals surface area contributed by atoms with Gasteiger partial charge in [-0.05, 0) is 44.7 Å². The van der Waals surface area contributed by atoms with Gasteiger partial charge in [-0.25, -0.2) is 0 Å². The predicted molar refractivity (Wildman–Crippen MR) is 100.0 cm³/mol. The minimum atomic E-state index is 0.200. The largest absolute Gasteiger partial charge is 0.340 e. The van der Waals surface area contributed by atoms with Gasteiger partial charge in [0, 0.05) is 37.7 Å². The number of hydrogen-bond acceptors (Lipinski definition) is 3. The van der Waals surface area contributed by atoms with Crippen LogP contribution in [0.25, 0.3) is 0 Å². The van der Waals surface area contributed by atoms with Gasteiger partial charge in [0.15, 0.2) is 5.78 Å². The first-order chi connectivity index (χ1) is 12.0. The van der Waals surface area contributed by atoms with Crippen LogP contribution < -0.4 is 0 Å². The molecule has 1 saturated carbocycles. The Bertz CT molecular complexity index is 631. The Kier molecular flexibility index (Phi) is 5.57. The second-order valence-electron chi connectivity index (χ2n) is 7.78. The fourth-order valence-corrected chi connectivity index (χ4v) is 4.46. The molecule has 1 aliphatic carbocycles. The molecule has 0 atom stereocenters. The van der Waals surface area contributed by atoms with Gasteiger partial charge in [0.2, 0.25) is 5.91 Å². The number of rotatable bonds is 4. The summed E-state index contributed by atoms with van der Waals surface area (Å²) in [4.78, 5) is 29.5. The van der Waals surface area contributed by atoms with Crippen LogP contribution in [-0.4, -0.2) is 54.2 Å². The lowest BCUT2D eigenvalue weighted by atomic mass is 9.96. The maximum atomic E-state index is 12.8. The monoisotopic (exact) mass is 342 g/mol. The maximum absolute atomic E-state index is 12.8. The summed E-state index contributed by atoms with van der Waals surface area (Å²) in [6.07, 6.45) is 4.51. The highest BCUT2D eigenvalue weighted by Gasteiger charge is 2.30. The summed E-state index contributed by atoms with van der Waals surface area (Å²) < 4.78 is 0. The van der Waals surface area contributed by atoms with Gasteiger partial charge in [-0.3, -0.25) is 14.5 Å². The first-order valence-electron chi connectivity index (χ1n) is 9.58. The number of aryl methyl sites for hydroxylation is 3. The van der Waals surface area contributed by atoms with E-state index >= 15 is 0 Å². The van der Waals surface area contributed by atoms with Crippen LogP contribution >= 0.6 is 0 Å². The Morgan fingerprint density at radius 2 is 1.52 bits per heavy atom. The van der Waals surface area contributed by atoms with E-state index in [2.05, 4.69) is 24.0 Å². The number of hydrogen-bond donors (Lipinski definition) is 0. The molecule has 3 rings (SSSR count). The summed E-state index contributed by atoms with van der Waals surface area (Å²) in [6, 6.07) is 4.16. The summed E-state index contributed by atoms with van der Waals surface area (Å²) in [6.45, 7) is 9.67. The fraction of sp³-hybridized carbons (Fsp3) is 0.619. The van der Waals surface area contributed by atoms with Gasteiger partial charge in [0.25, 0.3) is 0 Å². The van der Waals surface area contributed by atoms with E-state index in [-0.39, 0.29) is 11.7 Å². The molecule has 1 heterocycles. The van der Waals surface area contributed by atoms with Crippen molar-refractivity contribution >= 4 is 11.7 Å². The number of Topliss-reactive ketones (excluding diaryl/α,β-unsaturated/α-hetero) is 1. The SMILES string of the molecule is Cc1cc(C)c(C(=O)CN2CCN(C(=O)C3CCCC3)CC2)c(C)c1. The minimum absolute atomic E-state index is 0.200. The second kappa shape index (κ2) is 7.69. The number of nitrogens with zero attached hydrogens (tertiary/aromatic N) is 2. The number of carbonyl (C=O) groups is 2. The van der Waals surface area contributed by atoms with Crippen molar-refractivity contribution in [1.82, 2.24) is 9.80 Å². The quantitative estimate of drug-likeness (QED) is 0.790. The molecule has 4 heteroatoms. The predicted octanol–water partition coefficient (Wildman–Crippen LogP) is 3.13. The molecular weight excluding hydrogens is 312 g/mol. The van der Waals surface area contributed by atoms with Crippen LogP contribution in [0.5, 0.6) is 0 Å². The lowest BCUT2D eigenvalue weighted by Crippen LogP contribution is -2.51. The summed E-state index contributed by atoms with van der Waals surface area (Å²) >= 11 is 0. The van der Waals surface area contributed by atoms with Gasteiger partial charge < -0.3 is 4.90 Å². The average Bonchev–Trinajstić information content (AvgIpc) is 3.08. The molecule has 1 amide bonds. The van der Waals surface area contributed by atoms with Gasteiger partial charge in [0.05, 0.1) is 6.54 Å². The molecule has 0 spiro atoms. The molecule has 136 valence electrons. The molecule has 0 bridgehead atoms. The lowest BCUT2D eigenvalue weighted by Gasteiger charge is -2.35. The van der Waals surface area contributed by atoms with E-state index in [4.69, 9.17) is 0 Å². The Labute approximate surface area is 151 Å². The van der Waals surface area contributed by atoms with Crippen molar-refractivity contribution in [3.63, 3.8) is 0 Å². The number of piperazine rings is 1. The Morgan fingerprint density at radius 1 is 0.960 bits per heavy atom. The number of benzene rings is 1. The molecule has 1 aromatic rings. The molecule has 0 unspecified atom stereocenters. The van der Waals surface area contributed by atoms with Gasteiger partial charge >= 0.3 is 0 Å². The van der Waals surface area contributed by atoms with Crippen molar-refractivity contribution in [2.45, 2.75) is 46.5 Å². The molecule has 4 nitrogen and oxygen atoms in total. The van der Waals surface area contributed by atoms with Gasteiger partial charge in [-0.15, -0.1) is 0 Å². The highest BCUT2D eigenvalue weighted by atomic mass is 16.2. The molecule has 0 radical (unpaired) electrons. The van der Waals surface area contributed by atoms with Gasteiger partial charge in [-0.2, -0.15) is 0 Å². The zero-order valence-electron chi connectivity index (χ0n) is 15.8. The molecule has 0 N–H and O–H groups in total. The van der Waals surface area contributed by atoms with Crippen LogP contribution in [-0.2, 0) is 4.79 Å². The van der Waals surface area contributed by atoms with Crippen LogP contribution in [0.3, 0.4) is 0 Å². The lowest BCUT2D eigenvalue weighted by molar-refractivity contribution is -0.137. The number of ketones is 1. The Balaban J connectivity index is 1.55. The summed E-state index contributed by atoms with van der Waals surface area (Å²) in [5, 5.41) is 0. The number of carbonyl (C=O) groups excluding carboxylic acids is 2. The van der Waals surface area contributed by atoms with Gasteiger partial charge in [0.1, 0.15) is 0 Å². The fourth-order valence-electron chi connectivity index (χ4n) is 4.46. The van der Waals surface area contributed by atoms with Crippen LogP contribution in [0.2, 0.25) is 0 Å². The van der Waals surface area contributed by atoms with E-state index in [1.165, 1.54) is 18.4 Å². The van der Waals surface area contributed by atoms with Crippen LogP contribution in [0.1, 0.15) is 52.7 Å². The molecule has 0 aromatic heterocycles. The third kappa shape index (κ3) is 4.12. The molecule has 2 aliphatic rings. The van der Waals surface area contributed by atoms with Crippen molar-refractivity contribution in [2.75, 3.05) is 32.7 Å².